The summed E-state index contributed by atoms with van der Waals surface area (Å²) >= 11 is 0. The summed E-state index contributed by atoms with van der Waals surface area (Å²) in [5.74, 6) is 0.791. The highest BCUT2D eigenvalue weighted by Crippen LogP contribution is 2.18. The summed E-state index contributed by atoms with van der Waals surface area (Å²) in [6.45, 7) is 3.22. The number of aromatic nitrogens is 2. The van der Waals surface area contributed by atoms with Gasteiger partial charge in [-0.05, 0) is 6.07 Å². The van der Waals surface area contributed by atoms with Gasteiger partial charge in [0.05, 0.1) is 18.9 Å². The van der Waals surface area contributed by atoms with Crippen LogP contribution in [0.5, 0.6) is 0 Å². The fourth-order valence-electron chi connectivity index (χ4n) is 2.03. The van der Waals surface area contributed by atoms with Gasteiger partial charge in [0, 0.05) is 24.8 Å². The van der Waals surface area contributed by atoms with Crippen molar-refractivity contribution in [2.75, 3.05) is 31.2 Å². The molecule has 0 aliphatic carbocycles. The lowest BCUT2D eigenvalue weighted by Gasteiger charge is -2.26. The Balaban J connectivity index is 1.89. The van der Waals surface area contributed by atoms with Crippen LogP contribution in [0.1, 0.15) is 0 Å². The van der Waals surface area contributed by atoms with E-state index < -0.39 is 0 Å². The SMILES string of the molecule is c1ccc(-c2ccnc(N3CCOCC3)n2)cc1. The molecule has 0 amide bonds. The minimum Gasteiger partial charge on any atom is -0.378 e. The topological polar surface area (TPSA) is 38.2 Å². The molecule has 4 nitrogen and oxygen atoms in total. The summed E-state index contributed by atoms with van der Waals surface area (Å²) in [5.41, 5.74) is 2.08. The average molecular weight is 241 g/mol. The molecule has 1 aliphatic heterocycles. The normalized spacial score (nSPS) is 15.7. The summed E-state index contributed by atoms with van der Waals surface area (Å²) in [6.07, 6.45) is 1.82. The third-order valence-electron chi connectivity index (χ3n) is 3.01. The van der Waals surface area contributed by atoms with E-state index in [9.17, 15) is 0 Å². The Kier molecular flexibility index (Phi) is 3.19. The van der Waals surface area contributed by atoms with Crippen LogP contribution in [-0.2, 0) is 4.74 Å². The average Bonchev–Trinajstić information content (AvgIpc) is 2.49. The molecule has 0 saturated carbocycles. The highest BCUT2D eigenvalue weighted by Gasteiger charge is 2.14. The largest absolute Gasteiger partial charge is 0.378 e. The zero-order valence-electron chi connectivity index (χ0n) is 10.1. The Labute approximate surface area is 106 Å². The van der Waals surface area contributed by atoms with Gasteiger partial charge in [0.1, 0.15) is 0 Å². The summed E-state index contributed by atoms with van der Waals surface area (Å²) in [4.78, 5) is 11.1. The first-order valence-electron chi connectivity index (χ1n) is 6.15. The molecule has 1 fully saturated rings. The van der Waals surface area contributed by atoms with E-state index in [0.29, 0.717) is 0 Å². The number of nitrogens with zero attached hydrogens (tertiary/aromatic N) is 3. The number of hydrogen-bond acceptors (Lipinski definition) is 4. The Hall–Kier alpha value is -1.94. The van der Waals surface area contributed by atoms with Gasteiger partial charge in [-0.3, -0.25) is 0 Å². The molecule has 3 rings (SSSR count). The van der Waals surface area contributed by atoms with Gasteiger partial charge >= 0.3 is 0 Å². The molecule has 0 spiro atoms. The lowest BCUT2D eigenvalue weighted by Crippen LogP contribution is -2.37. The van der Waals surface area contributed by atoms with Crippen molar-refractivity contribution in [1.29, 1.82) is 0 Å². The van der Waals surface area contributed by atoms with Crippen molar-refractivity contribution < 1.29 is 4.74 Å². The smallest absolute Gasteiger partial charge is 0.226 e. The number of benzene rings is 1. The van der Waals surface area contributed by atoms with E-state index in [2.05, 4.69) is 27.0 Å². The second-order valence-corrected chi connectivity index (χ2v) is 4.21. The third-order valence-corrected chi connectivity index (χ3v) is 3.01. The van der Waals surface area contributed by atoms with E-state index in [1.165, 1.54) is 0 Å². The molecule has 1 aromatic carbocycles. The van der Waals surface area contributed by atoms with Crippen molar-refractivity contribution in [3.8, 4) is 11.3 Å². The summed E-state index contributed by atoms with van der Waals surface area (Å²) in [7, 11) is 0. The first-order chi connectivity index (χ1) is 8.93. The monoisotopic (exact) mass is 241 g/mol. The highest BCUT2D eigenvalue weighted by molar-refractivity contribution is 5.59. The number of anilines is 1. The van der Waals surface area contributed by atoms with E-state index in [1.54, 1.807) is 0 Å². The molecular formula is C14H15N3O. The summed E-state index contributed by atoms with van der Waals surface area (Å²) in [5, 5.41) is 0. The molecule has 0 radical (unpaired) electrons. The van der Waals surface area contributed by atoms with Crippen molar-refractivity contribution >= 4 is 5.95 Å². The van der Waals surface area contributed by atoms with E-state index in [0.717, 1.165) is 43.5 Å². The van der Waals surface area contributed by atoms with E-state index in [-0.39, 0.29) is 0 Å². The van der Waals surface area contributed by atoms with E-state index in [1.807, 2.05) is 30.5 Å². The highest BCUT2D eigenvalue weighted by atomic mass is 16.5. The van der Waals surface area contributed by atoms with Gasteiger partial charge in [0.25, 0.3) is 0 Å². The Morgan fingerprint density at radius 3 is 2.56 bits per heavy atom. The molecule has 0 N–H and O–H groups in total. The Morgan fingerprint density at radius 2 is 1.78 bits per heavy atom. The number of morpholine rings is 1. The zero-order valence-corrected chi connectivity index (χ0v) is 10.1. The molecule has 0 atom stereocenters. The van der Waals surface area contributed by atoms with Crippen molar-refractivity contribution in [1.82, 2.24) is 9.97 Å². The standard InChI is InChI=1S/C14H15N3O/c1-2-4-12(5-3-1)13-6-7-15-14(16-13)17-8-10-18-11-9-17/h1-7H,8-11H2. The molecule has 1 aromatic heterocycles. The van der Waals surface area contributed by atoms with Crippen LogP contribution in [0.15, 0.2) is 42.6 Å². The van der Waals surface area contributed by atoms with Crippen LogP contribution < -0.4 is 4.90 Å². The molecule has 0 bridgehead atoms. The van der Waals surface area contributed by atoms with Crippen LogP contribution in [0, 0.1) is 0 Å². The molecule has 92 valence electrons. The maximum atomic E-state index is 5.34. The van der Waals surface area contributed by atoms with Crippen molar-refractivity contribution in [2.24, 2.45) is 0 Å². The zero-order chi connectivity index (χ0) is 12.2. The quantitative estimate of drug-likeness (QED) is 0.806. The molecule has 1 saturated heterocycles. The van der Waals surface area contributed by atoms with Gasteiger partial charge in [-0.25, -0.2) is 9.97 Å². The summed E-state index contributed by atoms with van der Waals surface area (Å²) in [6, 6.07) is 12.1. The van der Waals surface area contributed by atoms with Crippen LogP contribution in [-0.4, -0.2) is 36.3 Å². The predicted molar refractivity (Wildman–Crippen MR) is 70.5 cm³/mol. The second-order valence-electron chi connectivity index (χ2n) is 4.21. The van der Waals surface area contributed by atoms with Gasteiger partial charge in [-0.2, -0.15) is 0 Å². The first-order valence-corrected chi connectivity index (χ1v) is 6.15. The first kappa shape index (κ1) is 11.2. The maximum absolute atomic E-state index is 5.34. The fourth-order valence-corrected chi connectivity index (χ4v) is 2.03. The van der Waals surface area contributed by atoms with Gasteiger partial charge < -0.3 is 9.64 Å². The molecule has 1 aliphatic rings. The molecule has 2 aromatic rings. The Morgan fingerprint density at radius 1 is 1.00 bits per heavy atom. The lowest BCUT2D eigenvalue weighted by atomic mass is 10.1. The third kappa shape index (κ3) is 2.33. The maximum Gasteiger partial charge on any atom is 0.226 e. The van der Waals surface area contributed by atoms with Gasteiger partial charge in [-0.15, -0.1) is 0 Å². The molecule has 18 heavy (non-hydrogen) atoms. The minimum atomic E-state index is 0.749. The fraction of sp³-hybridized carbons (Fsp3) is 0.286. The molecular weight excluding hydrogens is 226 g/mol. The van der Waals surface area contributed by atoms with Crippen LogP contribution in [0.25, 0.3) is 11.3 Å². The Bertz CT molecular complexity index is 509. The predicted octanol–water partition coefficient (Wildman–Crippen LogP) is 1.98. The van der Waals surface area contributed by atoms with Gasteiger partial charge in [0.2, 0.25) is 5.95 Å². The van der Waals surface area contributed by atoms with Gasteiger partial charge in [0.15, 0.2) is 0 Å². The molecule has 0 unspecified atom stereocenters. The minimum absolute atomic E-state index is 0.749. The summed E-state index contributed by atoms with van der Waals surface area (Å²) < 4.78 is 5.34. The number of hydrogen-bond donors (Lipinski definition) is 0. The number of ether oxygens (including phenoxy) is 1. The van der Waals surface area contributed by atoms with Crippen molar-refractivity contribution in [3.63, 3.8) is 0 Å². The van der Waals surface area contributed by atoms with E-state index in [4.69, 9.17) is 4.74 Å². The number of rotatable bonds is 2. The van der Waals surface area contributed by atoms with E-state index >= 15 is 0 Å². The van der Waals surface area contributed by atoms with Crippen LogP contribution in [0.3, 0.4) is 0 Å². The van der Waals surface area contributed by atoms with Crippen LogP contribution >= 0.6 is 0 Å². The van der Waals surface area contributed by atoms with Crippen LogP contribution in [0.4, 0.5) is 5.95 Å². The van der Waals surface area contributed by atoms with Crippen molar-refractivity contribution in [2.45, 2.75) is 0 Å². The lowest BCUT2D eigenvalue weighted by molar-refractivity contribution is 0.122. The molecule has 2 heterocycles. The van der Waals surface area contributed by atoms with Crippen LogP contribution in [0.2, 0.25) is 0 Å². The van der Waals surface area contributed by atoms with Gasteiger partial charge in [-0.1, -0.05) is 30.3 Å². The van der Waals surface area contributed by atoms with Crippen molar-refractivity contribution in [3.05, 3.63) is 42.6 Å². The second kappa shape index (κ2) is 5.14. The molecule has 4 heteroatoms.